The van der Waals surface area contributed by atoms with Crippen LogP contribution in [0.4, 0.5) is 4.39 Å². The third kappa shape index (κ3) is 2.52. The largest absolute Gasteiger partial charge is 0.205 e. The minimum absolute atomic E-state index is 0.144. The lowest BCUT2D eigenvalue weighted by Crippen LogP contribution is -2.18. The Hall–Kier alpha value is -1.07. The summed E-state index contributed by atoms with van der Waals surface area (Å²) in [5.74, 6) is 0.237. The zero-order valence-electron chi connectivity index (χ0n) is 10.5. The van der Waals surface area contributed by atoms with Crippen LogP contribution in [0, 0.1) is 28.5 Å². The number of halogens is 2. The van der Waals surface area contributed by atoms with E-state index in [0.29, 0.717) is 17.9 Å². The van der Waals surface area contributed by atoms with E-state index in [9.17, 15) is 9.65 Å². The van der Waals surface area contributed by atoms with Gasteiger partial charge in [-0.3, -0.25) is 0 Å². The molecule has 1 fully saturated rings. The number of nitrogens with zero attached hydrogens (tertiary/aromatic N) is 1. The highest BCUT2D eigenvalue weighted by Gasteiger charge is 2.39. The number of hydrogen-bond acceptors (Lipinski definition) is 1. The third-order valence-electron chi connectivity index (χ3n) is 4.09. The Morgan fingerprint density at radius 3 is 2.94 bits per heavy atom. The molecule has 0 saturated heterocycles. The molecule has 2 rings (SSSR count). The molecule has 0 heterocycles. The van der Waals surface area contributed by atoms with E-state index in [1.807, 2.05) is 0 Å². The second-order valence-electron chi connectivity index (χ2n) is 5.30. The van der Waals surface area contributed by atoms with Crippen LogP contribution in [0.3, 0.4) is 0 Å². The molecule has 0 amide bonds. The fraction of sp³-hybridized carbons (Fsp3) is 0.533. The van der Waals surface area contributed by atoms with Gasteiger partial charge in [0.25, 0.3) is 0 Å². The van der Waals surface area contributed by atoms with Crippen LogP contribution in [0.25, 0.3) is 0 Å². The van der Waals surface area contributed by atoms with E-state index >= 15 is 0 Å². The van der Waals surface area contributed by atoms with E-state index in [2.05, 4.69) is 13.0 Å². The van der Waals surface area contributed by atoms with Crippen molar-refractivity contribution < 1.29 is 4.39 Å². The van der Waals surface area contributed by atoms with Gasteiger partial charge in [0, 0.05) is 0 Å². The van der Waals surface area contributed by atoms with Crippen molar-refractivity contribution in [2.45, 2.75) is 39.0 Å². The molecule has 96 valence electrons. The number of nitriles is 1. The maximum Gasteiger partial charge on any atom is 0.145 e. The molecule has 2 unspecified atom stereocenters. The van der Waals surface area contributed by atoms with Crippen molar-refractivity contribution in [2.24, 2.45) is 11.3 Å². The van der Waals surface area contributed by atoms with Gasteiger partial charge in [-0.05, 0) is 43.2 Å². The normalized spacial score (nSPS) is 27.1. The molecular weight excluding hydrogens is 249 g/mol. The van der Waals surface area contributed by atoms with Crippen molar-refractivity contribution in [3.63, 3.8) is 0 Å². The quantitative estimate of drug-likeness (QED) is 0.774. The Bertz CT molecular complexity index is 480. The first-order chi connectivity index (χ1) is 8.60. The highest BCUT2D eigenvalue weighted by molar-refractivity contribution is 6.30. The summed E-state index contributed by atoms with van der Waals surface area (Å²) < 4.78 is 13.9. The molecule has 0 N–H and O–H groups in total. The van der Waals surface area contributed by atoms with Crippen molar-refractivity contribution in [1.82, 2.24) is 0 Å². The van der Waals surface area contributed by atoms with E-state index in [4.69, 9.17) is 11.6 Å². The summed E-state index contributed by atoms with van der Waals surface area (Å²) in [6.07, 6.45) is 4.40. The van der Waals surface area contributed by atoms with Crippen molar-refractivity contribution in [2.75, 3.05) is 0 Å². The van der Waals surface area contributed by atoms with Gasteiger partial charge in [0.05, 0.1) is 16.5 Å². The molecule has 1 aromatic rings. The maximum atomic E-state index is 13.9. The Kier molecular flexibility index (Phi) is 3.92. The summed E-state index contributed by atoms with van der Waals surface area (Å²) in [6, 6.07) is 7.46. The van der Waals surface area contributed by atoms with Crippen LogP contribution in [0.2, 0.25) is 5.02 Å². The molecule has 3 heteroatoms. The standard InChI is InChI=1S/C15H17ClFN/c1-2-11-6-7-15(8-11,10-18)9-12-4-3-5-13(16)14(12)17/h3-5,11H,2,6-9H2,1H3. The van der Waals surface area contributed by atoms with Crippen LogP contribution in [0.5, 0.6) is 0 Å². The number of rotatable bonds is 3. The molecule has 18 heavy (non-hydrogen) atoms. The molecule has 0 radical (unpaired) electrons. The molecule has 1 aromatic carbocycles. The number of hydrogen-bond donors (Lipinski definition) is 0. The summed E-state index contributed by atoms with van der Waals surface area (Å²) in [5.41, 5.74) is 0.174. The molecule has 0 bridgehead atoms. The van der Waals surface area contributed by atoms with Crippen molar-refractivity contribution >= 4 is 11.6 Å². The Balaban J connectivity index is 2.22. The smallest absolute Gasteiger partial charge is 0.145 e. The lowest BCUT2D eigenvalue weighted by molar-refractivity contribution is 0.375. The Morgan fingerprint density at radius 1 is 1.56 bits per heavy atom. The highest BCUT2D eigenvalue weighted by Crippen LogP contribution is 2.45. The van der Waals surface area contributed by atoms with Crippen LogP contribution in [-0.4, -0.2) is 0 Å². The van der Waals surface area contributed by atoms with Crippen LogP contribution in [0.15, 0.2) is 18.2 Å². The predicted molar refractivity (Wildman–Crippen MR) is 70.8 cm³/mol. The van der Waals surface area contributed by atoms with Gasteiger partial charge in [-0.1, -0.05) is 37.1 Å². The minimum Gasteiger partial charge on any atom is -0.205 e. The average Bonchev–Trinajstić information content (AvgIpc) is 2.79. The van der Waals surface area contributed by atoms with E-state index in [0.717, 1.165) is 25.7 Å². The Morgan fingerprint density at radius 2 is 2.33 bits per heavy atom. The van der Waals surface area contributed by atoms with E-state index < -0.39 is 5.41 Å². The lowest BCUT2D eigenvalue weighted by atomic mass is 9.80. The molecule has 1 nitrogen and oxygen atoms in total. The van der Waals surface area contributed by atoms with Crippen LogP contribution >= 0.6 is 11.6 Å². The van der Waals surface area contributed by atoms with Gasteiger partial charge in [0.1, 0.15) is 5.82 Å². The van der Waals surface area contributed by atoms with Crippen LogP contribution < -0.4 is 0 Å². The van der Waals surface area contributed by atoms with E-state index in [1.165, 1.54) is 0 Å². The fourth-order valence-corrected chi connectivity index (χ4v) is 3.13. The van der Waals surface area contributed by atoms with Crippen molar-refractivity contribution in [3.8, 4) is 6.07 Å². The van der Waals surface area contributed by atoms with Gasteiger partial charge in [-0.25, -0.2) is 4.39 Å². The molecule has 1 saturated carbocycles. The third-order valence-corrected chi connectivity index (χ3v) is 4.38. The second-order valence-corrected chi connectivity index (χ2v) is 5.71. The first kappa shape index (κ1) is 13.4. The predicted octanol–water partition coefficient (Wildman–Crippen LogP) is 4.74. The zero-order valence-corrected chi connectivity index (χ0v) is 11.3. The van der Waals surface area contributed by atoms with Crippen molar-refractivity contribution in [1.29, 1.82) is 5.26 Å². The molecular formula is C15H17ClFN. The van der Waals surface area contributed by atoms with Gasteiger partial charge >= 0.3 is 0 Å². The van der Waals surface area contributed by atoms with Gasteiger partial charge in [0.15, 0.2) is 0 Å². The highest BCUT2D eigenvalue weighted by atomic mass is 35.5. The van der Waals surface area contributed by atoms with Gasteiger partial charge in [-0.2, -0.15) is 5.26 Å². The summed E-state index contributed by atoms with van der Waals surface area (Å²) >= 11 is 5.79. The van der Waals surface area contributed by atoms with Crippen LogP contribution in [-0.2, 0) is 6.42 Å². The molecule has 0 aromatic heterocycles. The molecule has 1 aliphatic carbocycles. The van der Waals surface area contributed by atoms with Gasteiger partial charge in [0.2, 0.25) is 0 Å². The first-order valence-electron chi connectivity index (χ1n) is 6.44. The van der Waals surface area contributed by atoms with Crippen LogP contribution in [0.1, 0.15) is 38.2 Å². The number of benzene rings is 1. The second kappa shape index (κ2) is 5.28. The summed E-state index contributed by atoms with van der Waals surface area (Å²) in [7, 11) is 0. The average molecular weight is 266 g/mol. The molecule has 0 spiro atoms. The monoisotopic (exact) mass is 265 g/mol. The summed E-state index contributed by atoms with van der Waals surface area (Å²) in [4.78, 5) is 0. The summed E-state index contributed by atoms with van der Waals surface area (Å²) in [6.45, 7) is 2.15. The lowest BCUT2D eigenvalue weighted by Gasteiger charge is -2.21. The molecule has 1 aliphatic rings. The summed E-state index contributed by atoms with van der Waals surface area (Å²) in [5, 5.41) is 9.59. The first-order valence-corrected chi connectivity index (χ1v) is 6.82. The van der Waals surface area contributed by atoms with Gasteiger partial charge in [-0.15, -0.1) is 0 Å². The van der Waals surface area contributed by atoms with Crippen molar-refractivity contribution in [3.05, 3.63) is 34.6 Å². The molecule has 2 atom stereocenters. The SMILES string of the molecule is CCC1CCC(C#N)(Cc2cccc(Cl)c2F)C1. The maximum absolute atomic E-state index is 13.9. The minimum atomic E-state index is -0.397. The fourth-order valence-electron chi connectivity index (χ4n) is 2.94. The Labute approximate surface area is 113 Å². The van der Waals surface area contributed by atoms with E-state index in [-0.39, 0.29) is 10.8 Å². The van der Waals surface area contributed by atoms with Gasteiger partial charge < -0.3 is 0 Å². The zero-order chi connectivity index (χ0) is 13.2. The topological polar surface area (TPSA) is 23.8 Å². The van der Waals surface area contributed by atoms with E-state index in [1.54, 1.807) is 18.2 Å². The molecule has 0 aliphatic heterocycles.